The third kappa shape index (κ3) is 3.91. The molecule has 6 nitrogen and oxygen atoms in total. The number of ether oxygens (including phenoxy) is 1. The Bertz CT molecular complexity index is 1120. The summed E-state index contributed by atoms with van der Waals surface area (Å²) in [6.45, 7) is 3.04. The van der Waals surface area contributed by atoms with Crippen LogP contribution in [-0.4, -0.2) is 44.7 Å². The molecule has 0 unspecified atom stereocenters. The van der Waals surface area contributed by atoms with E-state index in [4.69, 9.17) is 14.8 Å². The lowest BCUT2D eigenvalue weighted by Crippen LogP contribution is -2.34. The predicted octanol–water partition coefficient (Wildman–Crippen LogP) is 4.18. The second kappa shape index (κ2) is 8.24. The molecule has 1 aliphatic rings. The van der Waals surface area contributed by atoms with E-state index < -0.39 is 0 Å². The molecule has 0 aliphatic carbocycles. The van der Waals surface area contributed by atoms with Crippen molar-refractivity contribution in [3.05, 3.63) is 78.5 Å². The molecular weight excluding hydrogens is 374 g/mol. The molecule has 0 spiro atoms. The molecule has 30 heavy (non-hydrogen) atoms. The molecular formula is C24H25N5O. The first-order valence-corrected chi connectivity index (χ1v) is 10.4. The lowest BCUT2D eigenvalue weighted by molar-refractivity contribution is 0.196. The van der Waals surface area contributed by atoms with Gasteiger partial charge < -0.3 is 4.74 Å². The fraction of sp³-hybridized carbons (Fsp3) is 0.292. The standard InChI is InChI=1S/C24H25N5O/c1-30-22-9-6-18(7-10-22)15-28-13-3-5-21(16-28)24-26-23-11-8-20(17-29(23)27-24)19-4-2-12-25-14-19/h2,4,6-12,14,17,21H,3,5,13,15-16H2,1H3/t21-/m1/s1. The smallest absolute Gasteiger partial charge is 0.156 e. The molecule has 0 bridgehead atoms. The summed E-state index contributed by atoms with van der Waals surface area (Å²) in [7, 11) is 1.70. The van der Waals surface area contributed by atoms with Gasteiger partial charge in [-0.05, 0) is 55.3 Å². The largest absolute Gasteiger partial charge is 0.497 e. The molecule has 1 aromatic carbocycles. The first kappa shape index (κ1) is 18.8. The van der Waals surface area contributed by atoms with Crippen molar-refractivity contribution in [2.24, 2.45) is 0 Å². The van der Waals surface area contributed by atoms with Crippen LogP contribution in [0.2, 0.25) is 0 Å². The van der Waals surface area contributed by atoms with Crippen molar-refractivity contribution in [1.29, 1.82) is 0 Å². The van der Waals surface area contributed by atoms with Gasteiger partial charge in [0.05, 0.1) is 7.11 Å². The molecule has 1 fully saturated rings. The van der Waals surface area contributed by atoms with Crippen LogP contribution in [0.1, 0.15) is 30.1 Å². The van der Waals surface area contributed by atoms with Gasteiger partial charge in [-0.2, -0.15) is 5.10 Å². The maximum atomic E-state index is 5.26. The second-order valence-corrected chi connectivity index (χ2v) is 7.85. The predicted molar refractivity (Wildman–Crippen MR) is 116 cm³/mol. The molecule has 0 saturated carbocycles. The Labute approximate surface area is 176 Å². The normalized spacial score (nSPS) is 17.3. The summed E-state index contributed by atoms with van der Waals surface area (Å²) >= 11 is 0. The van der Waals surface area contributed by atoms with Crippen LogP contribution < -0.4 is 4.74 Å². The number of hydrogen-bond acceptors (Lipinski definition) is 5. The van der Waals surface area contributed by atoms with Crippen LogP contribution in [0.4, 0.5) is 0 Å². The van der Waals surface area contributed by atoms with Crippen molar-refractivity contribution >= 4 is 5.65 Å². The summed E-state index contributed by atoms with van der Waals surface area (Å²) < 4.78 is 7.17. The van der Waals surface area contributed by atoms with Crippen molar-refractivity contribution in [1.82, 2.24) is 24.5 Å². The summed E-state index contributed by atoms with van der Waals surface area (Å²) in [5, 5.41) is 4.83. The number of likely N-dealkylation sites (tertiary alicyclic amines) is 1. The van der Waals surface area contributed by atoms with Crippen molar-refractivity contribution in [3.8, 4) is 16.9 Å². The van der Waals surface area contributed by atoms with Gasteiger partial charge in [-0.25, -0.2) is 9.50 Å². The van der Waals surface area contributed by atoms with Crippen LogP contribution in [0, 0.1) is 0 Å². The molecule has 6 heteroatoms. The van der Waals surface area contributed by atoms with Crippen LogP contribution in [0.25, 0.3) is 16.8 Å². The molecule has 0 amide bonds. The molecule has 1 aliphatic heterocycles. The Morgan fingerprint density at radius 1 is 1.07 bits per heavy atom. The number of rotatable bonds is 5. The van der Waals surface area contributed by atoms with E-state index in [-0.39, 0.29) is 0 Å². The van der Waals surface area contributed by atoms with Crippen LogP contribution in [0.15, 0.2) is 67.1 Å². The maximum absolute atomic E-state index is 5.26. The van der Waals surface area contributed by atoms with Gasteiger partial charge in [-0.15, -0.1) is 0 Å². The first-order valence-electron chi connectivity index (χ1n) is 10.4. The Hall–Kier alpha value is -3.25. The quantitative estimate of drug-likeness (QED) is 0.504. The molecule has 4 heterocycles. The number of pyridine rings is 2. The number of aromatic nitrogens is 4. The van der Waals surface area contributed by atoms with Gasteiger partial charge in [-0.3, -0.25) is 9.88 Å². The van der Waals surface area contributed by atoms with Gasteiger partial charge in [0, 0.05) is 48.7 Å². The highest BCUT2D eigenvalue weighted by Crippen LogP contribution is 2.27. The summed E-state index contributed by atoms with van der Waals surface area (Å²) in [5.74, 6) is 2.20. The summed E-state index contributed by atoms with van der Waals surface area (Å²) in [6, 6.07) is 16.5. The third-order valence-corrected chi connectivity index (χ3v) is 5.78. The average molecular weight is 399 g/mol. The molecule has 3 aromatic heterocycles. The number of benzene rings is 1. The minimum absolute atomic E-state index is 0.360. The zero-order valence-electron chi connectivity index (χ0n) is 17.1. The first-order chi connectivity index (χ1) is 14.8. The minimum Gasteiger partial charge on any atom is -0.497 e. The van der Waals surface area contributed by atoms with Crippen LogP contribution in [0.5, 0.6) is 5.75 Å². The minimum atomic E-state index is 0.360. The van der Waals surface area contributed by atoms with Gasteiger partial charge in [-0.1, -0.05) is 18.2 Å². The van der Waals surface area contributed by atoms with E-state index in [0.29, 0.717) is 5.92 Å². The van der Waals surface area contributed by atoms with Crippen LogP contribution >= 0.6 is 0 Å². The lowest BCUT2D eigenvalue weighted by Gasteiger charge is -2.31. The topological polar surface area (TPSA) is 55.5 Å². The van der Waals surface area contributed by atoms with Crippen molar-refractivity contribution in [2.45, 2.75) is 25.3 Å². The van der Waals surface area contributed by atoms with E-state index in [9.17, 15) is 0 Å². The van der Waals surface area contributed by atoms with E-state index in [1.807, 2.05) is 41.2 Å². The number of methoxy groups -OCH3 is 1. The highest BCUT2D eigenvalue weighted by molar-refractivity contribution is 5.63. The van der Waals surface area contributed by atoms with Gasteiger partial charge in [0.15, 0.2) is 11.5 Å². The maximum Gasteiger partial charge on any atom is 0.156 e. The summed E-state index contributed by atoms with van der Waals surface area (Å²) in [6.07, 6.45) is 8.00. The van der Waals surface area contributed by atoms with Crippen molar-refractivity contribution < 1.29 is 4.74 Å². The molecule has 5 rings (SSSR count). The number of nitrogens with zero attached hydrogens (tertiary/aromatic N) is 5. The lowest BCUT2D eigenvalue weighted by atomic mass is 9.97. The molecule has 0 N–H and O–H groups in total. The number of hydrogen-bond donors (Lipinski definition) is 0. The summed E-state index contributed by atoms with van der Waals surface area (Å²) in [4.78, 5) is 11.5. The fourth-order valence-corrected chi connectivity index (χ4v) is 4.18. The molecule has 1 saturated heterocycles. The molecule has 152 valence electrons. The van der Waals surface area contributed by atoms with Gasteiger partial charge in [0.25, 0.3) is 0 Å². The molecule has 1 atom stereocenters. The van der Waals surface area contributed by atoms with E-state index in [1.165, 1.54) is 5.56 Å². The third-order valence-electron chi connectivity index (χ3n) is 5.78. The van der Waals surface area contributed by atoms with Crippen LogP contribution in [0.3, 0.4) is 0 Å². The SMILES string of the molecule is COc1ccc(CN2CCC[C@@H](c3nc4ccc(-c5cccnc5)cn4n3)C2)cc1. The van der Waals surface area contributed by atoms with E-state index >= 15 is 0 Å². The van der Waals surface area contributed by atoms with Crippen molar-refractivity contribution in [2.75, 3.05) is 20.2 Å². The van der Waals surface area contributed by atoms with Gasteiger partial charge in [0.2, 0.25) is 0 Å². The number of fused-ring (bicyclic) bond motifs is 1. The van der Waals surface area contributed by atoms with Crippen LogP contribution in [-0.2, 0) is 6.54 Å². The van der Waals surface area contributed by atoms with E-state index in [1.54, 1.807) is 13.3 Å². The van der Waals surface area contributed by atoms with Crippen molar-refractivity contribution in [3.63, 3.8) is 0 Å². The molecule has 4 aromatic rings. The van der Waals surface area contributed by atoms with E-state index in [2.05, 4.69) is 34.1 Å². The Morgan fingerprint density at radius 2 is 1.97 bits per heavy atom. The number of piperidine rings is 1. The monoisotopic (exact) mass is 399 g/mol. The second-order valence-electron chi connectivity index (χ2n) is 7.85. The van der Waals surface area contributed by atoms with Gasteiger partial charge >= 0.3 is 0 Å². The highest BCUT2D eigenvalue weighted by Gasteiger charge is 2.25. The summed E-state index contributed by atoms with van der Waals surface area (Å²) in [5.41, 5.74) is 4.38. The highest BCUT2D eigenvalue weighted by atomic mass is 16.5. The van der Waals surface area contributed by atoms with Gasteiger partial charge in [0.1, 0.15) is 5.75 Å². The zero-order valence-corrected chi connectivity index (χ0v) is 17.1. The average Bonchev–Trinajstić information content (AvgIpc) is 3.24. The molecule has 0 radical (unpaired) electrons. The zero-order chi connectivity index (χ0) is 20.3. The fourth-order valence-electron chi connectivity index (χ4n) is 4.18. The van der Waals surface area contributed by atoms with E-state index in [0.717, 1.165) is 60.8 Å². The Kier molecular flexibility index (Phi) is 5.15. The Morgan fingerprint density at radius 3 is 2.77 bits per heavy atom. The Balaban J connectivity index is 1.32.